The Morgan fingerprint density at radius 1 is 1.16 bits per heavy atom. The van der Waals surface area contributed by atoms with Crippen molar-refractivity contribution in [2.24, 2.45) is 5.92 Å². The van der Waals surface area contributed by atoms with Gasteiger partial charge in [0, 0.05) is 7.11 Å². The van der Waals surface area contributed by atoms with E-state index in [1.807, 2.05) is 31.2 Å². The third kappa shape index (κ3) is 3.20. The normalized spacial score (nSPS) is 12.9. The van der Waals surface area contributed by atoms with Gasteiger partial charge in [-0.1, -0.05) is 26.0 Å². The smallest absolute Gasteiger partial charge is 0.148 e. The first-order valence-corrected chi connectivity index (χ1v) is 6.60. The summed E-state index contributed by atoms with van der Waals surface area (Å²) in [6.07, 6.45) is 0. The maximum Gasteiger partial charge on any atom is 0.148 e. The molecule has 0 aliphatic rings. The van der Waals surface area contributed by atoms with Crippen molar-refractivity contribution < 1.29 is 4.74 Å². The van der Waals surface area contributed by atoms with Gasteiger partial charge in [-0.25, -0.2) is 9.97 Å². The summed E-state index contributed by atoms with van der Waals surface area (Å²) < 4.78 is 5.25. The second-order valence-corrected chi connectivity index (χ2v) is 5.10. The van der Waals surface area contributed by atoms with Crippen LogP contribution in [0.5, 0.6) is 0 Å². The van der Waals surface area contributed by atoms with Gasteiger partial charge in [0.1, 0.15) is 5.82 Å². The van der Waals surface area contributed by atoms with Crippen LogP contribution in [0, 0.1) is 12.8 Å². The van der Waals surface area contributed by atoms with E-state index in [-0.39, 0.29) is 6.04 Å². The molecule has 0 radical (unpaired) electrons. The van der Waals surface area contributed by atoms with Gasteiger partial charge in [-0.05, 0) is 25.0 Å². The molecule has 1 N–H and O–H groups in total. The van der Waals surface area contributed by atoms with E-state index in [4.69, 9.17) is 4.74 Å². The third-order valence-electron chi connectivity index (χ3n) is 3.22. The Labute approximate surface area is 114 Å². The standard InChI is InChI=1S/C15H21N3O/c1-10(2)14(9-19-4)18-15-11(3)16-12-7-5-6-8-13(12)17-15/h5-8,10,14H,9H2,1-4H3,(H,17,18). The van der Waals surface area contributed by atoms with Crippen LogP contribution in [0.1, 0.15) is 19.5 Å². The molecule has 1 aromatic heterocycles. The molecule has 0 aliphatic heterocycles. The Balaban J connectivity index is 2.31. The van der Waals surface area contributed by atoms with Gasteiger partial charge in [0.15, 0.2) is 0 Å². The van der Waals surface area contributed by atoms with E-state index < -0.39 is 0 Å². The minimum atomic E-state index is 0.235. The summed E-state index contributed by atoms with van der Waals surface area (Å²) in [7, 11) is 1.72. The zero-order chi connectivity index (χ0) is 13.8. The summed E-state index contributed by atoms with van der Waals surface area (Å²) in [4.78, 5) is 9.23. The number of ether oxygens (including phenoxy) is 1. The number of methoxy groups -OCH3 is 1. The highest BCUT2D eigenvalue weighted by atomic mass is 16.5. The van der Waals surface area contributed by atoms with Crippen LogP contribution in [0.25, 0.3) is 11.0 Å². The van der Waals surface area contributed by atoms with Crippen LogP contribution in [0.3, 0.4) is 0 Å². The molecular weight excluding hydrogens is 238 g/mol. The molecule has 102 valence electrons. The fourth-order valence-corrected chi connectivity index (χ4v) is 1.98. The lowest BCUT2D eigenvalue weighted by Gasteiger charge is -2.22. The predicted molar refractivity (Wildman–Crippen MR) is 78.4 cm³/mol. The first-order chi connectivity index (χ1) is 9.11. The Hall–Kier alpha value is -1.68. The second-order valence-electron chi connectivity index (χ2n) is 5.10. The van der Waals surface area contributed by atoms with Crippen molar-refractivity contribution in [3.63, 3.8) is 0 Å². The fourth-order valence-electron chi connectivity index (χ4n) is 1.98. The summed E-state index contributed by atoms with van der Waals surface area (Å²) in [6.45, 7) is 6.97. The average molecular weight is 259 g/mol. The lowest BCUT2D eigenvalue weighted by Crippen LogP contribution is -2.31. The summed E-state index contributed by atoms with van der Waals surface area (Å²) in [5.74, 6) is 1.31. The van der Waals surface area contributed by atoms with Crippen LogP contribution in [0.4, 0.5) is 5.82 Å². The maximum absolute atomic E-state index is 5.25. The Bertz CT molecular complexity index is 554. The molecule has 1 aromatic carbocycles. The van der Waals surface area contributed by atoms with Crippen LogP contribution in [-0.2, 0) is 4.74 Å². The summed E-state index contributed by atoms with van der Waals surface area (Å²) in [5.41, 5.74) is 2.76. The minimum absolute atomic E-state index is 0.235. The van der Waals surface area contributed by atoms with Crippen molar-refractivity contribution in [3.8, 4) is 0 Å². The molecule has 0 bridgehead atoms. The molecule has 2 rings (SSSR count). The number of anilines is 1. The number of aromatic nitrogens is 2. The number of rotatable bonds is 5. The summed E-state index contributed by atoms with van der Waals surface area (Å²) >= 11 is 0. The molecule has 1 heterocycles. The molecule has 0 aliphatic carbocycles. The molecule has 0 fully saturated rings. The summed E-state index contributed by atoms with van der Waals surface area (Å²) in [5, 5.41) is 3.44. The number of nitrogens with zero attached hydrogens (tertiary/aromatic N) is 2. The number of aryl methyl sites for hydroxylation is 1. The van der Waals surface area contributed by atoms with Crippen LogP contribution in [-0.4, -0.2) is 29.7 Å². The van der Waals surface area contributed by atoms with Crippen LogP contribution >= 0.6 is 0 Å². The highest BCUT2D eigenvalue weighted by Crippen LogP contribution is 2.18. The molecule has 4 nitrogen and oxygen atoms in total. The number of para-hydroxylation sites is 2. The Morgan fingerprint density at radius 3 is 2.37 bits per heavy atom. The predicted octanol–water partition coefficient (Wildman–Crippen LogP) is 3.02. The minimum Gasteiger partial charge on any atom is -0.383 e. The SMILES string of the molecule is COCC(Nc1nc2ccccc2nc1C)C(C)C. The van der Waals surface area contributed by atoms with E-state index in [1.165, 1.54) is 0 Å². The van der Waals surface area contributed by atoms with Crippen molar-refractivity contribution in [1.82, 2.24) is 9.97 Å². The largest absolute Gasteiger partial charge is 0.383 e. The highest BCUT2D eigenvalue weighted by molar-refractivity contribution is 5.76. The van der Waals surface area contributed by atoms with E-state index in [9.17, 15) is 0 Å². The Morgan fingerprint density at radius 2 is 1.79 bits per heavy atom. The number of nitrogens with one attached hydrogen (secondary N) is 1. The molecular formula is C15H21N3O. The zero-order valence-corrected chi connectivity index (χ0v) is 12.0. The van der Waals surface area contributed by atoms with Crippen molar-refractivity contribution in [3.05, 3.63) is 30.0 Å². The molecule has 0 spiro atoms. The monoisotopic (exact) mass is 259 g/mol. The molecule has 19 heavy (non-hydrogen) atoms. The fraction of sp³-hybridized carbons (Fsp3) is 0.467. The van der Waals surface area contributed by atoms with Gasteiger partial charge in [0.05, 0.1) is 29.4 Å². The zero-order valence-electron chi connectivity index (χ0n) is 12.0. The van der Waals surface area contributed by atoms with Gasteiger partial charge in [-0.15, -0.1) is 0 Å². The molecule has 0 amide bonds. The van der Waals surface area contributed by atoms with Crippen LogP contribution < -0.4 is 5.32 Å². The van der Waals surface area contributed by atoms with E-state index in [0.717, 1.165) is 22.5 Å². The Kier molecular flexibility index (Phi) is 4.32. The van der Waals surface area contributed by atoms with Gasteiger partial charge in [-0.3, -0.25) is 0 Å². The lowest BCUT2D eigenvalue weighted by molar-refractivity contribution is 0.171. The first-order valence-electron chi connectivity index (χ1n) is 6.60. The maximum atomic E-state index is 5.25. The van der Waals surface area contributed by atoms with E-state index in [0.29, 0.717) is 12.5 Å². The van der Waals surface area contributed by atoms with Gasteiger partial charge in [0.25, 0.3) is 0 Å². The van der Waals surface area contributed by atoms with Crippen molar-refractivity contribution in [1.29, 1.82) is 0 Å². The van der Waals surface area contributed by atoms with Gasteiger partial charge in [0.2, 0.25) is 0 Å². The molecule has 4 heteroatoms. The molecule has 1 unspecified atom stereocenters. The van der Waals surface area contributed by atoms with E-state index >= 15 is 0 Å². The molecule has 1 atom stereocenters. The number of benzene rings is 1. The molecule has 0 saturated heterocycles. The third-order valence-corrected chi connectivity index (χ3v) is 3.22. The molecule has 0 saturated carbocycles. The van der Waals surface area contributed by atoms with E-state index in [2.05, 4.69) is 29.1 Å². The number of hydrogen-bond donors (Lipinski definition) is 1. The number of fused-ring (bicyclic) bond motifs is 1. The van der Waals surface area contributed by atoms with Crippen molar-refractivity contribution in [2.45, 2.75) is 26.8 Å². The van der Waals surface area contributed by atoms with Crippen LogP contribution in [0.2, 0.25) is 0 Å². The summed E-state index contributed by atoms with van der Waals surface area (Å²) in [6, 6.07) is 8.15. The second kappa shape index (κ2) is 5.97. The van der Waals surface area contributed by atoms with E-state index in [1.54, 1.807) is 7.11 Å². The van der Waals surface area contributed by atoms with Gasteiger partial charge in [-0.2, -0.15) is 0 Å². The first kappa shape index (κ1) is 13.7. The van der Waals surface area contributed by atoms with Gasteiger partial charge >= 0.3 is 0 Å². The quantitative estimate of drug-likeness (QED) is 0.896. The number of hydrogen-bond acceptors (Lipinski definition) is 4. The highest BCUT2D eigenvalue weighted by Gasteiger charge is 2.15. The van der Waals surface area contributed by atoms with Gasteiger partial charge < -0.3 is 10.1 Å². The van der Waals surface area contributed by atoms with Crippen molar-refractivity contribution >= 4 is 16.9 Å². The van der Waals surface area contributed by atoms with Crippen LogP contribution in [0.15, 0.2) is 24.3 Å². The topological polar surface area (TPSA) is 47.0 Å². The lowest BCUT2D eigenvalue weighted by atomic mass is 10.1. The molecule has 2 aromatic rings. The van der Waals surface area contributed by atoms with Crippen molar-refractivity contribution in [2.75, 3.05) is 19.0 Å². The average Bonchev–Trinajstić information content (AvgIpc) is 2.38.